The van der Waals surface area contributed by atoms with Crippen LogP contribution in [0.15, 0.2) is 21.9 Å². The van der Waals surface area contributed by atoms with E-state index in [1.807, 2.05) is 0 Å². The molecule has 0 aliphatic heterocycles. The van der Waals surface area contributed by atoms with Crippen molar-refractivity contribution in [3.05, 3.63) is 33.1 Å². The van der Waals surface area contributed by atoms with E-state index in [0.717, 1.165) is 6.26 Å². The first-order chi connectivity index (χ1) is 8.69. The number of aromatic amines is 1. The molecule has 8 nitrogen and oxygen atoms in total. The van der Waals surface area contributed by atoms with Crippen LogP contribution >= 0.6 is 0 Å². The maximum Gasteiger partial charge on any atom is 0.330 e. The van der Waals surface area contributed by atoms with Gasteiger partial charge in [-0.2, -0.15) is 8.42 Å². The molecule has 0 saturated heterocycles. The molecule has 2 atom stereocenters. The molecule has 0 unspecified atom stereocenters. The molecule has 9 heteroatoms. The van der Waals surface area contributed by atoms with Crippen molar-refractivity contribution in [3.63, 3.8) is 0 Å². The highest BCUT2D eigenvalue weighted by molar-refractivity contribution is 7.85. The molecule has 0 aromatic carbocycles. The predicted molar refractivity (Wildman–Crippen MR) is 67.4 cm³/mol. The molecule has 0 spiro atoms. The Morgan fingerprint density at radius 1 is 1.37 bits per heavy atom. The van der Waals surface area contributed by atoms with Gasteiger partial charge >= 0.3 is 5.69 Å². The summed E-state index contributed by atoms with van der Waals surface area (Å²) in [5.74, 6) is 0. The molecule has 0 bridgehead atoms. The molecule has 0 aliphatic rings. The van der Waals surface area contributed by atoms with E-state index >= 15 is 0 Å². The molecule has 0 fully saturated rings. The molecule has 0 saturated carbocycles. The smallest absolute Gasteiger partial charge is 0.330 e. The second kappa shape index (κ2) is 6.13. The third-order valence-corrected chi connectivity index (χ3v) is 2.75. The number of nitrogens with zero attached hydrogens (tertiary/aromatic N) is 1. The van der Waals surface area contributed by atoms with Gasteiger partial charge in [-0.15, -0.1) is 0 Å². The molecule has 0 radical (unpaired) electrons. The summed E-state index contributed by atoms with van der Waals surface area (Å²) < 4.78 is 32.8. The van der Waals surface area contributed by atoms with E-state index in [2.05, 4.69) is 9.17 Å². The summed E-state index contributed by atoms with van der Waals surface area (Å²) >= 11 is 0. The van der Waals surface area contributed by atoms with E-state index < -0.39 is 33.7 Å². The summed E-state index contributed by atoms with van der Waals surface area (Å²) in [5.41, 5.74) is -1.10. The topological polar surface area (TPSA) is 107 Å². The zero-order valence-electron chi connectivity index (χ0n) is 10.8. The van der Waals surface area contributed by atoms with Crippen LogP contribution in [0.25, 0.3) is 0 Å². The molecular formula is C10H16N2O6S. The fraction of sp³-hybridized carbons (Fsp3) is 0.600. The van der Waals surface area contributed by atoms with Crippen molar-refractivity contribution in [2.45, 2.75) is 26.2 Å². The number of nitrogens with one attached hydrogen (secondary N) is 1. The van der Waals surface area contributed by atoms with Gasteiger partial charge in [0.25, 0.3) is 15.7 Å². The predicted octanol–water partition coefficient (Wildman–Crippen LogP) is -0.564. The van der Waals surface area contributed by atoms with Gasteiger partial charge in [-0.05, 0) is 13.8 Å². The Balaban J connectivity index is 2.66. The summed E-state index contributed by atoms with van der Waals surface area (Å²) in [6.45, 7) is 3.05. The molecule has 19 heavy (non-hydrogen) atoms. The van der Waals surface area contributed by atoms with Gasteiger partial charge in [0.05, 0.1) is 19.0 Å². The summed E-state index contributed by atoms with van der Waals surface area (Å²) in [7, 11) is -3.53. The first-order valence-corrected chi connectivity index (χ1v) is 7.32. The first-order valence-electron chi connectivity index (χ1n) is 5.50. The van der Waals surface area contributed by atoms with Gasteiger partial charge in [0.15, 0.2) is 0 Å². The third kappa shape index (κ3) is 5.37. The summed E-state index contributed by atoms with van der Waals surface area (Å²) in [4.78, 5) is 24.5. The molecule has 108 valence electrons. The van der Waals surface area contributed by atoms with E-state index in [1.165, 1.54) is 16.8 Å². The van der Waals surface area contributed by atoms with E-state index in [0.29, 0.717) is 0 Å². The Kier molecular flexibility index (Phi) is 5.04. The number of ether oxygens (including phenoxy) is 1. The Hall–Kier alpha value is -1.45. The maximum absolute atomic E-state index is 11.5. The average Bonchev–Trinajstić information content (AvgIpc) is 2.25. The highest BCUT2D eigenvalue weighted by Crippen LogP contribution is 2.08. The van der Waals surface area contributed by atoms with Crippen LogP contribution < -0.4 is 11.2 Å². The van der Waals surface area contributed by atoms with Crippen LogP contribution in [0.2, 0.25) is 0 Å². The van der Waals surface area contributed by atoms with Crippen LogP contribution in [-0.2, 0) is 19.0 Å². The van der Waals surface area contributed by atoms with Gasteiger partial charge in [-0.3, -0.25) is 18.5 Å². The van der Waals surface area contributed by atoms with Crippen LogP contribution in [0.3, 0.4) is 0 Å². The SMILES string of the molecule is C[C@@H](COS(C)(=O)=O)O[C@H](C)n1ccc(=O)[nH]c1=O. The minimum atomic E-state index is -3.53. The van der Waals surface area contributed by atoms with Crippen molar-refractivity contribution in [1.29, 1.82) is 0 Å². The maximum atomic E-state index is 11.5. The lowest BCUT2D eigenvalue weighted by Crippen LogP contribution is -2.33. The lowest BCUT2D eigenvalue weighted by atomic mass is 10.4. The Labute approximate surface area is 110 Å². The average molecular weight is 292 g/mol. The standard InChI is InChI=1S/C10H16N2O6S/c1-7(6-17-19(3,15)16)18-8(2)12-5-4-9(13)11-10(12)14/h4-5,7-8H,6H2,1-3H3,(H,11,13,14)/t7-,8+/m0/s1. The van der Waals surface area contributed by atoms with E-state index in [-0.39, 0.29) is 6.61 Å². The van der Waals surface area contributed by atoms with Crippen molar-refractivity contribution in [2.75, 3.05) is 12.9 Å². The monoisotopic (exact) mass is 292 g/mol. The highest BCUT2D eigenvalue weighted by Gasteiger charge is 2.14. The van der Waals surface area contributed by atoms with Gasteiger partial charge in [-0.25, -0.2) is 4.79 Å². The zero-order valence-corrected chi connectivity index (χ0v) is 11.6. The fourth-order valence-electron chi connectivity index (χ4n) is 1.37. The Morgan fingerprint density at radius 3 is 2.53 bits per heavy atom. The number of aromatic nitrogens is 2. The van der Waals surface area contributed by atoms with Crippen molar-refractivity contribution in [1.82, 2.24) is 9.55 Å². The quantitative estimate of drug-likeness (QED) is 0.704. The van der Waals surface area contributed by atoms with Gasteiger partial charge < -0.3 is 4.74 Å². The van der Waals surface area contributed by atoms with Crippen LogP contribution in [0.4, 0.5) is 0 Å². The van der Waals surface area contributed by atoms with E-state index in [9.17, 15) is 18.0 Å². The molecule has 0 amide bonds. The third-order valence-electron chi connectivity index (χ3n) is 2.19. The van der Waals surface area contributed by atoms with Crippen LogP contribution in [0, 0.1) is 0 Å². The normalized spacial score (nSPS) is 15.1. The highest BCUT2D eigenvalue weighted by atomic mass is 32.2. The van der Waals surface area contributed by atoms with E-state index in [1.54, 1.807) is 13.8 Å². The van der Waals surface area contributed by atoms with Gasteiger partial charge in [-0.1, -0.05) is 0 Å². The molecule has 1 N–H and O–H groups in total. The number of rotatable bonds is 6. The van der Waals surface area contributed by atoms with Crippen LogP contribution in [0.5, 0.6) is 0 Å². The van der Waals surface area contributed by atoms with Gasteiger partial charge in [0, 0.05) is 12.3 Å². The first kappa shape index (κ1) is 15.6. The van der Waals surface area contributed by atoms with Crippen molar-refractivity contribution in [3.8, 4) is 0 Å². The molecule has 1 rings (SSSR count). The molecule has 1 aromatic rings. The summed E-state index contributed by atoms with van der Waals surface area (Å²) in [5, 5.41) is 0. The molecule has 0 aliphatic carbocycles. The lowest BCUT2D eigenvalue weighted by molar-refractivity contribution is -0.0528. The van der Waals surface area contributed by atoms with Crippen molar-refractivity contribution < 1.29 is 17.3 Å². The van der Waals surface area contributed by atoms with Crippen molar-refractivity contribution in [2.24, 2.45) is 0 Å². The van der Waals surface area contributed by atoms with Crippen molar-refractivity contribution >= 4 is 10.1 Å². The number of hydrogen-bond acceptors (Lipinski definition) is 6. The Bertz CT molecular complexity index is 632. The second-order valence-electron chi connectivity index (χ2n) is 4.05. The van der Waals surface area contributed by atoms with Gasteiger partial charge in [0.1, 0.15) is 6.23 Å². The van der Waals surface area contributed by atoms with Crippen LogP contribution in [-0.4, -0.2) is 36.9 Å². The molecule has 1 aromatic heterocycles. The minimum absolute atomic E-state index is 0.152. The second-order valence-corrected chi connectivity index (χ2v) is 5.70. The van der Waals surface area contributed by atoms with E-state index in [4.69, 9.17) is 4.74 Å². The molecular weight excluding hydrogens is 276 g/mol. The largest absolute Gasteiger partial charge is 0.353 e. The van der Waals surface area contributed by atoms with Gasteiger partial charge in [0.2, 0.25) is 0 Å². The van der Waals surface area contributed by atoms with Crippen LogP contribution in [0.1, 0.15) is 20.1 Å². The molecule has 1 heterocycles. The number of hydrogen-bond donors (Lipinski definition) is 1. The Morgan fingerprint density at radius 2 is 2.00 bits per heavy atom. The minimum Gasteiger partial charge on any atom is -0.353 e. The summed E-state index contributed by atoms with van der Waals surface area (Å²) in [6, 6.07) is 1.19. The lowest BCUT2D eigenvalue weighted by Gasteiger charge is -2.20. The number of H-pyrrole nitrogens is 1. The summed E-state index contributed by atoms with van der Waals surface area (Å²) in [6.07, 6.45) is 1.04. The zero-order chi connectivity index (χ0) is 14.6. The fourth-order valence-corrected chi connectivity index (χ4v) is 1.81.